The SMILES string of the molecule is CCOC(=O)C(C(=O)OCC)C(=O)c1cn(C2CC2)c2c(Cl)c(C3CCCN(N4CCCC4)C3)c(F)cc2c1=O. The van der Waals surface area contributed by atoms with E-state index in [2.05, 4.69) is 10.0 Å². The van der Waals surface area contributed by atoms with Crippen molar-refractivity contribution in [1.29, 1.82) is 0 Å². The first-order chi connectivity index (χ1) is 19.3. The number of carbonyl (C=O) groups is 3. The Balaban J connectivity index is 1.59. The van der Waals surface area contributed by atoms with Gasteiger partial charge in [-0.1, -0.05) is 11.6 Å². The van der Waals surface area contributed by atoms with Gasteiger partial charge in [-0.2, -0.15) is 0 Å². The van der Waals surface area contributed by atoms with Crippen LogP contribution in [0.4, 0.5) is 4.39 Å². The largest absolute Gasteiger partial charge is 0.465 e. The summed E-state index contributed by atoms with van der Waals surface area (Å²) in [7, 11) is 0. The van der Waals surface area contributed by atoms with Crippen LogP contribution in [0.1, 0.15) is 80.3 Å². The van der Waals surface area contributed by atoms with Gasteiger partial charge in [-0.05, 0) is 58.4 Å². The molecule has 40 heavy (non-hydrogen) atoms. The van der Waals surface area contributed by atoms with Gasteiger partial charge in [0.1, 0.15) is 5.82 Å². The third kappa shape index (κ3) is 5.41. The van der Waals surface area contributed by atoms with Crippen LogP contribution in [0.2, 0.25) is 5.02 Å². The molecular formula is C29H35ClFN3O6. The summed E-state index contributed by atoms with van der Waals surface area (Å²) in [5.41, 5.74) is -0.414. The first kappa shape index (κ1) is 28.7. The highest BCUT2D eigenvalue weighted by molar-refractivity contribution is 6.36. The maximum Gasteiger partial charge on any atom is 0.328 e. The molecule has 0 radical (unpaired) electrons. The monoisotopic (exact) mass is 575 g/mol. The number of hydrogen-bond donors (Lipinski definition) is 0. The Morgan fingerprint density at radius 1 is 1.00 bits per heavy atom. The van der Waals surface area contributed by atoms with E-state index in [0.29, 0.717) is 17.6 Å². The number of halogens is 2. The topological polar surface area (TPSA) is 98.2 Å². The van der Waals surface area contributed by atoms with Crippen molar-refractivity contribution >= 4 is 40.2 Å². The second kappa shape index (κ2) is 12.0. The van der Waals surface area contributed by atoms with Crippen LogP contribution in [0, 0.1) is 11.7 Å². The molecule has 3 heterocycles. The number of aromatic nitrogens is 1. The standard InChI is InChI=1S/C29H35ClFN3O6/c1-3-39-28(37)23(29(38)40-4-2)27(36)20-16-34(18-9-10-18)25-19(26(20)35)14-21(31)22(24(25)30)17-8-7-13-33(15-17)32-11-5-6-12-32/h14,16-18,23H,3-13,15H2,1-2H3. The molecule has 2 aromatic rings. The number of carbonyl (C=O) groups excluding carboxylic acids is 3. The van der Waals surface area contributed by atoms with Crippen LogP contribution in [0.5, 0.6) is 0 Å². The van der Waals surface area contributed by atoms with Crippen LogP contribution in [-0.2, 0) is 19.1 Å². The zero-order valence-corrected chi connectivity index (χ0v) is 23.7. The molecule has 2 aliphatic heterocycles. The van der Waals surface area contributed by atoms with Crippen LogP contribution in [0.25, 0.3) is 10.9 Å². The molecular weight excluding hydrogens is 541 g/mol. The Labute approximate surface area is 237 Å². The molecule has 1 unspecified atom stereocenters. The zero-order chi connectivity index (χ0) is 28.6. The summed E-state index contributed by atoms with van der Waals surface area (Å²) in [6.07, 6.45) is 6.92. The molecule has 0 amide bonds. The maximum atomic E-state index is 15.8. The fourth-order valence-electron chi connectivity index (χ4n) is 6.00. The van der Waals surface area contributed by atoms with E-state index in [1.54, 1.807) is 18.4 Å². The number of nitrogens with zero attached hydrogens (tertiary/aromatic N) is 3. The van der Waals surface area contributed by atoms with Crippen LogP contribution < -0.4 is 5.43 Å². The summed E-state index contributed by atoms with van der Waals surface area (Å²) < 4.78 is 27.5. The summed E-state index contributed by atoms with van der Waals surface area (Å²) in [4.78, 5) is 52.4. The summed E-state index contributed by atoms with van der Waals surface area (Å²) in [6, 6.07) is 1.12. The van der Waals surface area contributed by atoms with Crippen LogP contribution in [-0.4, -0.2) is 71.7 Å². The second-order valence-corrected chi connectivity index (χ2v) is 11.1. The molecule has 0 bridgehead atoms. The number of Topliss-reactive ketones (excluding diaryl/α,β-unsaturated/α-hetero) is 1. The fraction of sp³-hybridized carbons (Fsp3) is 0.586. The number of hydrazine groups is 1. The molecule has 3 fully saturated rings. The molecule has 1 aromatic carbocycles. The Morgan fingerprint density at radius 2 is 1.62 bits per heavy atom. The Hall–Kier alpha value is -2.82. The van der Waals surface area contributed by atoms with Crippen molar-refractivity contribution in [2.45, 2.75) is 64.3 Å². The van der Waals surface area contributed by atoms with Crippen molar-refractivity contribution in [2.24, 2.45) is 5.92 Å². The number of rotatable bonds is 9. The third-order valence-electron chi connectivity index (χ3n) is 8.05. The quantitative estimate of drug-likeness (QED) is 0.249. The highest BCUT2D eigenvalue weighted by Crippen LogP contribution is 2.43. The minimum absolute atomic E-state index is 0.0402. The van der Waals surface area contributed by atoms with Crippen molar-refractivity contribution in [3.05, 3.63) is 44.5 Å². The van der Waals surface area contributed by atoms with E-state index < -0.39 is 40.4 Å². The van der Waals surface area contributed by atoms with Crippen molar-refractivity contribution < 1.29 is 28.2 Å². The van der Waals surface area contributed by atoms with E-state index >= 15 is 4.39 Å². The van der Waals surface area contributed by atoms with Crippen molar-refractivity contribution in [1.82, 2.24) is 14.6 Å². The predicted octanol–water partition coefficient (Wildman–Crippen LogP) is 4.24. The van der Waals surface area contributed by atoms with E-state index in [1.165, 1.54) is 6.20 Å². The lowest BCUT2D eigenvalue weighted by molar-refractivity contribution is -0.158. The van der Waals surface area contributed by atoms with Crippen molar-refractivity contribution in [3.63, 3.8) is 0 Å². The molecule has 0 N–H and O–H groups in total. The molecule has 216 valence electrons. The fourth-order valence-corrected chi connectivity index (χ4v) is 6.44. The molecule has 11 heteroatoms. The Kier molecular flexibility index (Phi) is 8.58. The Bertz CT molecular complexity index is 1370. The van der Waals surface area contributed by atoms with Gasteiger partial charge in [-0.15, -0.1) is 0 Å². The minimum atomic E-state index is -1.95. The Morgan fingerprint density at radius 3 is 2.23 bits per heavy atom. The third-order valence-corrected chi connectivity index (χ3v) is 8.43. The van der Waals surface area contributed by atoms with Crippen LogP contribution in [0.15, 0.2) is 17.1 Å². The van der Waals surface area contributed by atoms with E-state index in [-0.39, 0.29) is 35.6 Å². The van der Waals surface area contributed by atoms with E-state index in [4.69, 9.17) is 21.1 Å². The second-order valence-electron chi connectivity index (χ2n) is 10.7. The van der Waals surface area contributed by atoms with Crippen LogP contribution >= 0.6 is 11.6 Å². The summed E-state index contributed by atoms with van der Waals surface area (Å²) >= 11 is 6.95. The first-order valence-electron chi connectivity index (χ1n) is 14.2. The molecule has 0 spiro atoms. The molecule has 1 atom stereocenters. The van der Waals surface area contributed by atoms with E-state index in [1.807, 2.05) is 0 Å². The summed E-state index contributed by atoms with van der Waals surface area (Å²) in [6.45, 7) is 6.52. The average molecular weight is 576 g/mol. The first-order valence-corrected chi connectivity index (χ1v) is 14.6. The predicted molar refractivity (Wildman–Crippen MR) is 147 cm³/mol. The van der Waals surface area contributed by atoms with E-state index in [9.17, 15) is 19.2 Å². The lowest BCUT2D eigenvalue weighted by Gasteiger charge is -2.39. The average Bonchev–Trinajstić information content (AvgIpc) is 3.62. The number of fused-ring (bicyclic) bond motifs is 1. The maximum absolute atomic E-state index is 15.8. The van der Waals surface area contributed by atoms with Gasteiger partial charge >= 0.3 is 11.9 Å². The van der Waals surface area contributed by atoms with Gasteiger partial charge in [0.05, 0.1) is 34.7 Å². The van der Waals surface area contributed by atoms with Crippen molar-refractivity contribution in [2.75, 3.05) is 39.4 Å². The summed E-state index contributed by atoms with van der Waals surface area (Å²) in [5.74, 6) is -5.91. The smallest absolute Gasteiger partial charge is 0.328 e. The molecule has 3 aliphatic rings. The molecule has 1 saturated carbocycles. The van der Waals surface area contributed by atoms with Gasteiger partial charge in [0.25, 0.3) is 0 Å². The zero-order valence-electron chi connectivity index (χ0n) is 22.9. The van der Waals surface area contributed by atoms with E-state index in [0.717, 1.165) is 64.2 Å². The van der Waals surface area contributed by atoms with Gasteiger partial charge in [0.2, 0.25) is 5.92 Å². The summed E-state index contributed by atoms with van der Waals surface area (Å²) in [5, 5.41) is 4.75. The molecule has 2 saturated heterocycles. The lowest BCUT2D eigenvalue weighted by Crippen LogP contribution is -2.46. The number of hydrogen-bond acceptors (Lipinski definition) is 8. The number of esters is 2. The highest BCUT2D eigenvalue weighted by Gasteiger charge is 2.40. The molecule has 5 rings (SSSR count). The number of ether oxygens (including phenoxy) is 2. The number of benzene rings is 1. The van der Waals surface area contributed by atoms with Crippen molar-refractivity contribution in [3.8, 4) is 0 Å². The van der Waals surface area contributed by atoms with Gasteiger partial charge in [0.15, 0.2) is 11.2 Å². The molecule has 9 nitrogen and oxygen atoms in total. The molecule has 1 aliphatic carbocycles. The highest BCUT2D eigenvalue weighted by atomic mass is 35.5. The normalized spacial score (nSPS) is 20.3. The molecule has 1 aromatic heterocycles. The van der Waals surface area contributed by atoms with Crippen LogP contribution in [0.3, 0.4) is 0 Å². The number of piperidine rings is 1. The lowest BCUT2D eigenvalue weighted by atomic mass is 9.89. The van der Waals surface area contributed by atoms with Gasteiger partial charge in [-0.3, -0.25) is 19.2 Å². The number of pyridine rings is 1. The van der Waals surface area contributed by atoms with Gasteiger partial charge < -0.3 is 14.0 Å². The van der Waals surface area contributed by atoms with Gasteiger partial charge in [0, 0.05) is 49.9 Å². The van der Waals surface area contributed by atoms with Gasteiger partial charge in [-0.25, -0.2) is 14.4 Å². The number of ketones is 1. The minimum Gasteiger partial charge on any atom is -0.465 e.